The van der Waals surface area contributed by atoms with Gasteiger partial charge in [0.05, 0.1) is 0 Å². The number of esters is 3. The van der Waals surface area contributed by atoms with E-state index in [4.69, 9.17) is 14.2 Å². The normalized spacial score (nSPS) is 12.2. The van der Waals surface area contributed by atoms with Crippen molar-refractivity contribution in [3.8, 4) is 0 Å². The monoisotopic (exact) mass is 1150 g/mol. The largest absolute Gasteiger partial charge is 0.462 e. The van der Waals surface area contributed by atoms with Gasteiger partial charge in [0.1, 0.15) is 13.2 Å². The highest BCUT2D eigenvalue weighted by molar-refractivity contribution is 5.71. The Morgan fingerprint density at radius 1 is 0.244 bits per heavy atom. The molecule has 0 saturated heterocycles. The van der Waals surface area contributed by atoms with E-state index >= 15 is 0 Å². The van der Waals surface area contributed by atoms with E-state index in [-0.39, 0.29) is 31.1 Å². The van der Waals surface area contributed by atoms with Crippen LogP contribution < -0.4 is 0 Å². The fourth-order valence-corrected chi connectivity index (χ4v) is 11.3. The van der Waals surface area contributed by atoms with E-state index in [0.29, 0.717) is 19.3 Å². The van der Waals surface area contributed by atoms with Gasteiger partial charge in [0.2, 0.25) is 0 Å². The van der Waals surface area contributed by atoms with Crippen LogP contribution in [0.15, 0.2) is 36.5 Å². The molecule has 1 atom stereocenters. The van der Waals surface area contributed by atoms with Gasteiger partial charge in [0.15, 0.2) is 6.10 Å². The summed E-state index contributed by atoms with van der Waals surface area (Å²) in [5, 5.41) is 0. The lowest BCUT2D eigenvalue weighted by atomic mass is 10.0. The smallest absolute Gasteiger partial charge is 0.306 e. The number of unbranched alkanes of at least 4 members (excludes halogenated alkanes) is 52. The molecule has 0 fully saturated rings. The van der Waals surface area contributed by atoms with Gasteiger partial charge in [-0.15, -0.1) is 0 Å². The summed E-state index contributed by atoms with van der Waals surface area (Å²) in [6.45, 7) is 6.71. The summed E-state index contributed by atoms with van der Waals surface area (Å²) in [4.78, 5) is 38.5. The highest BCUT2D eigenvalue weighted by Crippen LogP contribution is 2.19. The average Bonchev–Trinajstić information content (AvgIpc) is 3.47. The predicted molar refractivity (Wildman–Crippen MR) is 358 cm³/mol. The molecule has 0 N–H and O–H groups in total. The van der Waals surface area contributed by atoms with Crippen LogP contribution in [0.2, 0.25) is 0 Å². The number of carbonyl (C=O) groups excluding carboxylic acids is 3. The van der Waals surface area contributed by atoms with Crippen LogP contribution in [0.4, 0.5) is 0 Å². The molecule has 82 heavy (non-hydrogen) atoms. The van der Waals surface area contributed by atoms with Gasteiger partial charge in [0.25, 0.3) is 0 Å². The molecular weight excluding hydrogens is 1010 g/mol. The summed E-state index contributed by atoms with van der Waals surface area (Å²) in [6, 6.07) is 0. The third kappa shape index (κ3) is 68.4. The number of allylic oxidation sites excluding steroid dienone is 6. The zero-order valence-electron chi connectivity index (χ0n) is 55.5. The van der Waals surface area contributed by atoms with Crippen molar-refractivity contribution in [3.63, 3.8) is 0 Å². The number of rotatable bonds is 69. The van der Waals surface area contributed by atoms with Gasteiger partial charge < -0.3 is 14.2 Å². The van der Waals surface area contributed by atoms with Crippen LogP contribution in [0.3, 0.4) is 0 Å². The first kappa shape index (κ1) is 79.6. The van der Waals surface area contributed by atoms with Crippen molar-refractivity contribution >= 4 is 17.9 Å². The first-order chi connectivity index (χ1) is 40.5. The van der Waals surface area contributed by atoms with Crippen molar-refractivity contribution in [2.24, 2.45) is 0 Å². The molecule has 0 aromatic carbocycles. The Morgan fingerprint density at radius 3 is 0.683 bits per heavy atom. The third-order valence-corrected chi connectivity index (χ3v) is 16.9. The zero-order chi connectivity index (χ0) is 59.2. The maximum atomic E-state index is 13.0. The number of ether oxygens (including phenoxy) is 3. The molecule has 6 nitrogen and oxygen atoms in total. The van der Waals surface area contributed by atoms with Crippen molar-refractivity contribution in [1.29, 1.82) is 0 Å². The topological polar surface area (TPSA) is 78.9 Å². The minimum atomic E-state index is -0.772. The van der Waals surface area contributed by atoms with E-state index in [2.05, 4.69) is 57.2 Å². The molecule has 482 valence electrons. The van der Waals surface area contributed by atoms with Crippen LogP contribution in [0.1, 0.15) is 412 Å². The molecule has 0 saturated carbocycles. The number of hydrogen-bond acceptors (Lipinski definition) is 6. The Kier molecular flexibility index (Phi) is 69.1. The summed E-state index contributed by atoms with van der Waals surface area (Å²) in [5.74, 6) is -0.836. The minimum Gasteiger partial charge on any atom is -0.462 e. The number of hydrogen-bond donors (Lipinski definition) is 0. The zero-order valence-corrected chi connectivity index (χ0v) is 55.5. The van der Waals surface area contributed by atoms with Crippen molar-refractivity contribution in [3.05, 3.63) is 36.5 Å². The minimum absolute atomic E-state index is 0.0669. The Labute approximate surface area is 512 Å². The fourth-order valence-electron chi connectivity index (χ4n) is 11.3. The highest BCUT2D eigenvalue weighted by atomic mass is 16.6. The fraction of sp³-hybridized carbons (Fsp3) is 0.882. The molecule has 6 heteroatoms. The summed E-state index contributed by atoms with van der Waals surface area (Å²) in [5.41, 5.74) is 0. The molecular formula is C76H142O6. The maximum Gasteiger partial charge on any atom is 0.306 e. The second-order valence-electron chi connectivity index (χ2n) is 25.2. The van der Waals surface area contributed by atoms with Crippen LogP contribution in [-0.4, -0.2) is 37.2 Å². The Morgan fingerprint density at radius 2 is 0.439 bits per heavy atom. The summed E-state index contributed by atoms with van der Waals surface area (Å²) in [7, 11) is 0. The van der Waals surface area contributed by atoms with E-state index in [1.165, 1.54) is 308 Å². The maximum absolute atomic E-state index is 13.0. The molecule has 1 unspecified atom stereocenters. The van der Waals surface area contributed by atoms with Crippen LogP contribution >= 0.6 is 0 Å². The van der Waals surface area contributed by atoms with Gasteiger partial charge in [-0.25, -0.2) is 0 Å². The van der Waals surface area contributed by atoms with Gasteiger partial charge in [-0.3, -0.25) is 14.4 Å². The molecule has 0 aromatic rings. The molecule has 0 aromatic heterocycles. The Hall–Kier alpha value is -2.37. The Balaban J connectivity index is 4.26. The molecule has 0 aliphatic carbocycles. The average molecular weight is 1150 g/mol. The van der Waals surface area contributed by atoms with Crippen molar-refractivity contribution in [1.82, 2.24) is 0 Å². The molecule has 0 heterocycles. The summed E-state index contributed by atoms with van der Waals surface area (Å²) in [6.07, 6.45) is 88.9. The Bertz CT molecular complexity index is 1370. The van der Waals surface area contributed by atoms with Gasteiger partial charge >= 0.3 is 17.9 Å². The second kappa shape index (κ2) is 71.1. The van der Waals surface area contributed by atoms with E-state index in [1.807, 2.05) is 0 Å². The molecule has 0 bridgehead atoms. The predicted octanol–water partition coefficient (Wildman–Crippen LogP) is 25.5. The molecule has 0 spiro atoms. The van der Waals surface area contributed by atoms with Gasteiger partial charge in [-0.05, 0) is 77.0 Å². The standard InChI is InChI=1S/C76H142O6/c1-4-7-10-13-16-19-22-25-28-31-33-35-36-37-38-39-40-42-43-45-48-51-54-57-60-63-66-69-75(78)81-72-73(71-80-74(77)68-65-62-59-56-53-50-47-30-27-24-21-18-15-12-9-6-3)82-76(79)70-67-64-61-58-55-52-49-46-44-41-34-32-29-26-23-20-17-14-11-8-5-2/h22,25,31-34,73H,4-21,23-24,26-30,35-72H2,1-3H3/b25-22-,33-31-,34-32-. The van der Waals surface area contributed by atoms with E-state index < -0.39 is 6.10 Å². The highest BCUT2D eigenvalue weighted by Gasteiger charge is 2.20. The van der Waals surface area contributed by atoms with Crippen LogP contribution in [-0.2, 0) is 28.6 Å². The van der Waals surface area contributed by atoms with Crippen molar-refractivity contribution in [2.75, 3.05) is 13.2 Å². The molecule has 0 radical (unpaired) electrons. The molecule has 0 rings (SSSR count). The lowest BCUT2D eigenvalue weighted by Gasteiger charge is -2.18. The quantitative estimate of drug-likeness (QED) is 0.0261. The van der Waals surface area contributed by atoms with Crippen LogP contribution in [0, 0.1) is 0 Å². The number of carbonyl (C=O) groups is 3. The first-order valence-electron chi connectivity index (χ1n) is 37.0. The second-order valence-corrected chi connectivity index (χ2v) is 25.2. The lowest BCUT2D eigenvalue weighted by molar-refractivity contribution is -0.167. The third-order valence-electron chi connectivity index (χ3n) is 16.9. The lowest BCUT2D eigenvalue weighted by Crippen LogP contribution is -2.30. The van der Waals surface area contributed by atoms with Crippen molar-refractivity contribution in [2.45, 2.75) is 419 Å². The van der Waals surface area contributed by atoms with Crippen LogP contribution in [0.25, 0.3) is 0 Å². The van der Waals surface area contributed by atoms with E-state index in [9.17, 15) is 14.4 Å². The summed E-state index contributed by atoms with van der Waals surface area (Å²) >= 11 is 0. The summed E-state index contributed by atoms with van der Waals surface area (Å²) < 4.78 is 17.0. The first-order valence-corrected chi connectivity index (χ1v) is 37.0. The van der Waals surface area contributed by atoms with Crippen molar-refractivity contribution < 1.29 is 28.6 Å². The van der Waals surface area contributed by atoms with Gasteiger partial charge in [-0.2, -0.15) is 0 Å². The van der Waals surface area contributed by atoms with Crippen LogP contribution in [0.5, 0.6) is 0 Å². The molecule has 0 aliphatic rings. The molecule has 0 aliphatic heterocycles. The SMILES string of the molecule is CCCCCCC/C=C\C/C=C\CCCCCCCCCCCCCCCCCC(=O)OCC(COC(=O)CCCCCCCCCCCCCCCCCC)OC(=O)CCCCCCCCCCC/C=C\CCCCCCCCCC. The van der Waals surface area contributed by atoms with Gasteiger partial charge in [-0.1, -0.05) is 353 Å². The molecule has 0 amide bonds. The van der Waals surface area contributed by atoms with Gasteiger partial charge in [0, 0.05) is 19.3 Å². The van der Waals surface area contributed by atoms with E-state index in [0.717, 1.165) is 64.2 Å². The van der Waals surface area contributed by atoms with E-state index in [1.54, 1.807) is 0 Å².